The van der Waals surface area contributed by atoms with E-state index in [1.807, 2.05) is 36.7 Å². The van der Waals surface area contributed by atoms with Crippen molar-refractivity contribution in [3.8, 4) is 6.07 Å². The van der Waals surface area contributed by atoms with E-state index in [0.29, 0.717) is 22.9 Å². The van der Waals surface area contributed by atoms with Gasteiger partial charge in [0.15, 0.2) is 0 Å². The van der Waals surface area contributed by atoms with E-state index >= 15 is 4.39 Å². The second-order valence-electron chi connectivity index (χ2n) is 8.48. The fourth-order valence-electron chi connectivity index (χ4n) is 4.06. The van der Waals surface area contributed by atoms with Gasteiger partial charge >= 0.3 is 0 Å². The third-order valence-electron chi connectivity index (χ3n) is 6.03. The summed E-state index contributed by atoms with van der Waals surface area (Å²) in [6, 6.07) is 13.0. The lowest BCUT2D eigenvalue weighted by Gasteiger charge is -2.09. The van der Waals surface area contributed by atoms with Gasteiger partial charge in [0.2, 0.25) is 0 Å². The molecule has 1 aromatic heterocycles. The first-order chi connectivity index (χ1) is 17.0. The van der Waals surface area contributed by atoms with Crippen LogP contribution in [0.5, 0.6) is 0 Å². The Kier molecular flexibility index (Phi) is 7.57. The number of aromatic nitrogens is 2. The Hall–Kier alpha value is -3.98. The molecule has 0 aliphatic rings. The van der Waals surface area contributed by atoms with Crippen LogP contribution in [0.3, 0.4) is 0 Å². The lowest BCUT2D eigenvalue weighted by molar-refractivity contribution is 0.572. The van der Waals surface area contributed by atoms with E-state index in [-0.39, 0.29) is 18.7 Å². The van der Waals surface area contributed by atoms with Crippen LogP contribution in [0.2, 0.25) is 0 Å². The van der Waals surface area contributed by atoms with Crippen LogP contribution in [0.25, 0.3) is 10.8 Å². The molecule has 0 spiro atoms. The Morgan fingerprint density at radius 2 is 1.51 bits per heavy atom. The topological polar surface area (TPSA) is 49.6 Å². The molecule has 0 atom stereocenters. The highest BCUT2D eigenvalue weighted by Crippen LogP contribution is 2.25. The van der Waals surface area contributed by atoms with Gasteiger partial charge in [0.05, 0.1) is 0 Å². The molecule has 1 heterocycles. The van der Waals surface area contributed by atoms with Gasteiger partial charge in [-0.3, -0.25) is 0 Å². The Bertz CT molecular complexity index is 1380. The molecule has 0 saturated carbocycles. The van der Waals surface area contributed by atoms with Crippen molar-refractivity contribution in [3.05, 3.63) is 119 Å². The normalized spacial score (nSPS) is 10.9. The summed E-state index contributed by atoms with van der Waals surface area (Å²) in [6.45, 7) is 3.72. The van der Waals surface area contributed by atoms with Gasteiger partial charge in [-0.1, -0.05) is 36.4 Å². The highest BCUT2D eigenvalue weighted by atomic mass is 19.1. The predicted octanol–water partition coefficient (Wildman–Crippen LogP) is 6.61. The number of hydrogen-bond donors (Lipinski definition) is 0. The number of benzene rings is 3. The molecule has 6 heteroatoms. The Morgan fingerprint density at radius 3 is 2.20 bits per heavy atom. The van der Waals surface area contributed by atoms with E-state index in [0.717, 1.165) is 53.7 Å². The van der Waals surface area contributed by atoms with Crippen LogP contribution in [0.4, 0.5) is 13.2 Å². The summed E-state index contributed by atoms with van der Waals surface area (Å²) in [5, 5.41) is 10.1. The van der Waals surface area contributed by atoms with Crippen molar-refractivity contribution in [1.29, 1.82) is 5.26 Å². The van der Waals surface area contributed by atoms with E-state index in [2.05, 4.69) is 16.5 Å². The highest BCUT2D eigenvalue weighted by Gasteiger charge is 2.13. The zero-order chi connectivity index (χ0) is 24.8. The van der Waals surface area contributed by atoms with Crippen molar-refractivity contribution in [3.63, 3.8) is 0 Å². The Balaban J connectivity index is 1.43. The van der Waals surface area contributed by atoms with Crippen LogP contribution in [-0.2, 0) is 32.1 Å². The maximum atomic E-state index is 15.1. The van der Waals surface area contributed by atoms with Gasteiger partial charge in [0.1, 0.15) is 34.9 Å². The predicted molar refractivity (Wildman–Crippen MR) is 130 cm³/mol. The minimum Gasteiger partial charge on any atom is -0.241 e. The summed E-state index contributed by atoms with van der Waals surface area (Å²) in [5.74, 6) is -1.36. The number of nitrogens with zero attached hydrogens (tertiary/aromatic N) is 3. The summed E-state index contributed by atoms with van der Waals surface area (Å²) in [6.07, 6.45) is 9.31. The van der Waals surface area contributed by atoms with Crippen LogP contribution in [0.1, 0.15) is 40.1 Å². The maximum absolute atomic E-state index is 15.1. The molecule has 4 rings (SSSR count). The Labute approximate surface area is 202 Å². The van der Waals surface area contributed by atoms with Crippen LogP contribution < -0.4 is 0 Å². The lowest BCUT2D eigenvalue weighted by Crippen LogP contribution is -2.00. The average Bonchev–Trinajstić information content (AvgIpc) is 2.86. The van der Waals surface area contributed by atoms with Crippen LogP contribution in [0, 0.1) is 28.8 Å². The second kappa shape index (κ2) is 11.0. The number of hydrogen-bond acceptors (Lipinski definition) is 3. The quantitative estimate of drug-likeness (QED) is 0.258. The summed E-state index contributed by atoms with van der Waals surface area (Å²) >= 11 is 0. The monoisotopic (exact) mass is 471 g/mol. The molecule has 176 valence electrons. The first-order valence-electron chi connectivity index (χ1n) is 11.5. The van der Waals surface area contributed by atoms with E-state index in [4.69, 9.17) is 5.26 Å². The van der Waals surface area contributed by atoms with Crippen LogP contribution in [0.15, 0.2) is 67.5 Å². The minimum absolute atomic E-state index is 0.256. The third kappa shape index (κ3) is 5.75. The van der Waals surface area contributed by atoms with Crippen molar-refractivity contribution in [1.82, 2.24) is 9.97 Å². The van der Waals surface area contributed by atoms with Crippen molar-refractivity contribution in [2.24, 2.45) is 0 Å². The molecular weight excluding hydrogens is 447 g/mol. The first-order valence-corrected chi connectivity index (χ1v) is 11.5. The summed E-state index contributed by atoms with van der Waals surface area (Å²) in [4.78, 5) is 8.86. The smallest absolute Gasteiger partial charge is 0.144 e. The summed E-state index contributed by atoms with van der Waals surface area (Å²) in [5.41, 5.74) is 2.39. The zero-order valence-corrected chi connectivity index (χ0v) is 19.2. The van der Waals surface area contributed by atoms with Gasteiger partial charge in [0.25, 0.3) is 0 Å². The molecule has 0 aliphatic carbocycles. The van der Waals surface area contributed by atoms with Crippen LogP contribution in [-0.4, -0.2) is 9.97 Å². The fraction of sp³-hybridized carbons (Fsp3) is 0.207. The molecule has 0 bridgehead atoms. The number of allylic oxidation sites excluding steroid dienone is 1. The minimum atomic E-state index is -0.900. The van der Waals surface area contributed by atoms with E-state index in [9.17, 15) is 8.78 Å². The van der Waals surface area contributed by atoms with Gasteiger partial charge in [-0.2, -0.15) is 5.26 Å². The van der Waals surface area contributed by atoms with Gasteiger partial charge in [-0.05, 0) is 71.9 Å². The molecule has 0 N–H and O–H groups in total. The van der Waals surface area contributed by atoms with Gasteiger partial charge < -0.3 is 0 Å². The Morgan fingerprint density at radius 1 is 0.800 bits per heavy atom. The van der Waals surface area contributed by atoms with E-state index < -0.39 is 17.2 Å². The summed E-state index contributed by atoms with van der Waals surface area (Å²) < 4.78 is 42.8. The average molecular weight is 472 g/mol. The van der Waals surface area contributed by atoms with E-state index in [1.54, 1.807) is 12.1 Å². The molecular formula is C29H24F3N3. The molecule has 4 aromatic rings. The van der Waals surface area contributed by atoms with Crippen molar-refractivity contribution < 1.29 is 13.2 Å². The molecule has 0 radical (unpaired) electrons. The van der Waals surface area contributed by atoms with Crippen molar-refractivity contribution >= 4 is 10.8 Å². The molecule has 0 unspecified atom stereocenters. The number of halogens is 3. The van der Waals surface area contributed by atoms with Crippen molar-refractivity contribution in [2.75, 3.05) is 0 Å². The molecule has 3 aromatic carbocycles. The lowest BCUT2D eigenvalue weighted by atomic mass is 9.97. The van der Waals surface area contributed by atoms with Crippen molar-refractivity contribution in [2.45, 2.75) is 38.5 Å². The van der Waals surface area contributed by atoms with Gasteiger partial charge in [-0.25, -0.2) is 23.1 Å². The van der Waals surface area contributed by atoms with E-state index in [1.165, 1.54) is 6.07 Å². The fourth-order valence-corrected chi connectivity index (χ4v) is 4.06. The standard InChI is InChI=1S/C29H24F3N3/c1-2-3-4-21-17-34-28(35-18-21)12-7-19-6-11-24-23(13-19)10-9-22(29(24)32)8-5-20-14-26(30)25(16-33)27(31)15-20/h2,6,9-11,13-15,17-18H,1,3-5,7-8,12H2. The van der Waals surface area contributed by atoms with Gasteiger partial charge in [-0.15, -0.1) is 6.58 Å². The molecule has 0 saturated heterocycles. The largest absolute Gasteiger partial charge is 0.241 e. The molecule has 0 amide bonds. The number of rotatable bonds is 9. The molecule has 35 heavy (non-hydrogen) atoms. The maximum Gasteiger partial charge on any atom is 0.144 e. The zero-order valence-electron chi connectivity index (χ0n) is 19.2. The number of fused-ring (bicyclic) bond motifs is 1. The number of aryl methyl sites for hydroxylation is 5. The third-order valence-corrected chi connectivity index (χ3v) is 6.03. The molecule has 0 aliphatic heterocycles. The molecule has 0 fully saturated rings. The van der Waals surface area contributed by atoms with Gasteiger partial charge in [0, 0.05) is 24.2 Å². The second-order valence-corrected chi connectivity index (χ2v) is 8.48. The van der Waals surface area contributed by atoms with Crippen LogP contribution >= 0.6 is 0 Å². The number of nitriles is 1. The molecule has 3 nitrogen and oxygen atoms in total. The summed E-state index contributed by atoms with van der Waals surface area (Å²) in [7, 11) is 0. The highest BCUT2D eigenvalue weighted by molar-refractivity contribution is 5.84. The SMILES string of the molecule is C=CCCc1cnc(CCc2ccc3c(F)c(CCc4cc(F)c(C#N)c(F)c4)ccc3c2)nc1. The first kappa shape index (κ1) is 24.2.